The summed E-state index contributed by atoms with van der Waals surface area (Å²) >= 11 is 0. The Morgan fingerprint density at radius 3 is 2.37 bits per heavy atom. The summed E-state index contributed by atoms with van der Waals surface area (Å²) in [6.45, 7) is 0. The van der Waals surface area contributed by atoms with Gasteiger partial charge in [-0.05, 0) is 29.8 Å². The number of carbonyl (C=O) groups excluding carboxylic acids is 2. The van der Waals surface area contributed by atoms with Gasteiger partial charge in [0.25, 0.3) is 5.91 Å². The molecular weight excluding hydrogens is 391 g/mol. The van der Waals surface area contributed by atoms with E-state index in [1.54, 1.807) is 30.5 Å². The average molecular weight is 406 g/mol. The number of nitrogens with zero attached hydrogens (tertiary/aromatic N) is 1. The topological polar surface area (TPSA) is 95.3 Å². The van der Waals surface area contributed by atoms with Crippen LogP contribution in [-0.2, 0) is 0 Å². The largest absolute Gasteiger partial charge is 1.00 e. The number of carboxylic acids is 1. The predicted octanol–water partition coefficient (Wildman–Crippen LogP) is 0.628. The molecular formula is C23H15N2NaO4. The fourth-order valence-electron chi connectivity index (χ4n) is 2.97. The van der Waals surface area contributed by atoms with Crippen LogP contribution >= 0.6 is 0 Å². The number of carboxylic acid groups (broad SMARTS) is 1. The minimum Gasteiger partial charge on any atom is -0.545 e. The van der Waals surface area contributed by atoms with Crippen LogP contribution in [0.2, 0.25) is 0 Å². The number of amides is 1. The fourth-order valence-corrected chi connectivity index (χ4v) is 2.97. The quantitative estimate of drug-likeness (QED) is 0.491. The van der Waals surface area contributed by atoms with E-state index in [2.05, 4.69) is 10.3 Å². The molecule has 0 saturated heterocycles. The van der Waals surface area contributed by atoms with E-state index in [1.807, 2.05) is 30.3 Å². The van der Waals surface area contributed by atoms with E-state index in [0.717, 1.165) is 11.1 Å². The number of hydrogen-bond donors (Lipinski definition) is 1. The summed E-state index contributed by atoms with van der Waals surface area (Å²) in [5.74, 6) is -1.31. The molecule has 2 heterocycles. The van der Waals surface area contributed by atoms with Crippen molar-refractivity contribution in [3.05, 3.63) is 96.5 Å². The number of carbonyl (C=O) groups is 2. The SMILES string of the molecule is O=C(Nc1cc(-c2ccco2)ccc1C(=O)[O-])c1cncc(-c2ccccc2)c1.[Na+]. The van der Waals surface area contributed by atoms with Gasteiger partial charge in [-0.3, -0.25) is 9.78 Å². The number of aromatic carboxylic acids is 1. The first-order valence-electron chi connectivity index (χ1n) is 8.83. The van der Waals surface area contributed by atoms with Gasteiger partial charge >= 0.3 is 29.6 Å². The molecule has 0 aliphatic rings. The normalized spacial score (nSPS) is 10.1. The Morgan fingerprint density at radius 1 is 0.867 bits per heavy atom. The summed E-state index contributed by atoms with van der Waals surface area (Å²) in [5, 5.41) is 14.1. The summed E-state index contributed by atoms with van der Waals surface area (Å²) in [4.78, 5) is 28.4. The van der Waals surface area contributed by atoms with Crippen molar-refractivity contribution in [1.29, 1.82) is 0 Å². The van der Waals surface area contributed by atoms with Crippen molar-refractivity contribution in [2.45, 2.75) is 0 Å². The molecule has 4 aromatic rings. The third-order valence-electron chi connectivity index (χ3n) is 4.40. The van der Waals surface area contributed by atoms with E-state index in [-0.39, 0.29) is 40.8 Å². The zero-order valence-corrected chi connectivity index (χ0v) is 18.2. The van der Waals surface area contributed by atoms with Gasteiger partial charge in [0.15, 0.2) is 0 Å². The number of furan rings is 1. The first-order valence-corrected chi connectivity index (χ1v) is 8.83. The second kappa shape index (κ2) is 9.54. The molecule has 0 radical (unpaired) electrons. The van der Waals surface area contributed by atoms with Crippen LogP contribution in [-0.4, -0.2) is 16.9 Å². The molecule has 1 amide bonds. The molecule has 4 rings (SSSR count). The first-order chi connectivity index (χ1) is 14.1. The van der Waals surface area contributed by atoms with Crippen molar-refractivity contribution >= 4 is 17.6 Å². The van der Waals surface area contributed by atoms with Gasteiger partial charge in [-0.2, -0.15) is 0 Å². The summed E-state index contributed by atoms with van der Waals surface area (Å²) in [6, 6.07) is 19.2. The van der Waals surface area contributed by atoms with E-state index in [9.17, 15) is 14.7 Å². The van der Waals surface area contributed by atoms with Gasteiger partial charge in [0.05, 0.1) is 23.5 Å². The standard InChI is InChI=1S/C23H16N2O4.Na/c26-22(18-11-17(13-24-14-18)15-5-2-1-3-6-15)25-20-12-16(21-7-4-10-29-21)8-9-19(20)23(27)28;/h1-14H,(H,25,26)(H,27,28);/q;+1/p-1. The third kappa shape index (κ3) is 4.68. The second-order valence-corrected chi connectivity index (χ2v) is 6.31. The maximum atomic E-state index is 12.8. The smallest absolute Gasteiger partial charge is 0.545 e. The Balaban J connectivity index is 0.00000256. The molecule has 0 atom stereocenters. The van der Waals surface area contributed by atoms with Crippen molar-refractivity contribution in [3.63, 3.8) is 0 Å². The van der Waals surface area contributed by atoms with Crippen molar-refractivity contribution in [3.8, 4) is 22.5 Å². The van der Waals surface area contributed by atoms with E-state index in [0.29, 0.717) is 16.9 Å². The molecule has 30 heavy (non-hydrogen) atoms. The van der Waals surface area contributed by atoms with Crippen LogP contribution in [0.25, 0.3) is 22.5 Å². The third-order valence-corrected chi connectivity index (χ3v) is 4.40. The summed E-state index contributed by atoms with van der Waals surface area (Å²) in [6.07, 6.45) is 4.61. The minimum atomic E-state index is -1.39. The van der Waals surface area contributed by atoms with Gasteiger partial charge in [0.2, 0.25) is 0 Å². The molecule has 142 valence electrons. The van der Waals surface area contributed by atoms with Gasteiger partial charge in [-0.15, -0.1) is 0 Å². The van der Waals surface area contributed by atoms with Crippen LogP contribution in [0.1, 0.15) is 20.7 Å². The number of aromatic nitrogens is 1. The van der Waals surface area contributed by atoms with Crippen molar-refractivity contribution < 1.29 is 48.7 Å². The van der Waals surface area contributed by atoms with Crippen molar-refractivity contribution in [1.82, 2.24) is 4.98 Å². The molecule has 0 fully saturated rings. The van der Waals surface area contributed by atoms with Crippen molar-refractivity contribution in [2.24, 2.45) is 0 Å². The van der Waals surface area contributed by atoms with E-state index < -0.39 is 11.9 Å². The number of nitrogens with one attached hydrogen (secondary N) is 1. The zero-order valence-electron chi connectivity index (χ0n) is 16.2. The van der Waals surface area contributed by atoms with Gasteiger partial charge in [-0.1, -0.05) is 42.5 Å². The molecule has 1 N–H and O–H groups in total. The van der Waals surface area contributed by atoms with E-state index in [1.165, 1.54) is 24.6 Å². The number of hydrogen-bond acceptors (Lipinski definition) is 5. The molecule has 0 saturated carbocycles. The van der Waals surface area contributed by atoms with Crippen molar-refractivity contribution in [2.75, 3.05) is 5.32 Å². The molecule has 6 nitrogen and oxygen atoms in total. The minimum absolute atomic E-state index is 0. The number of benzene rings is 2. The van der Waals surface area contributed by atoms with E-state index >= 15 is 0 Å². The van der Waals surface area contributed by atoms with Crippen LogP contribution < -0.4 is 40.0 Å². The summed E-state index contributed by atoms with van der Waals surface area (Å²) < 4.78 is 5.34. The molecule has 0 spiro atoms. The fraction of sp³-hybridized carbons (Fsp3) is 0. The monoisotopic (exact) mass is 406 g/mol. The zero-order chi connectivity index (χ0) is 20.2. The Hall–Kier alpha value is -3.19. The molecule has 0 unspecified atom stereocenters. The van der Waals surface area contributed by atoms with Crippen LogP contribution in [0.3, 0.4) is 0 Å². The van der Waals surface area contributed by atoms with Gasteiger partial charge in [0.1, 0.15) is 5.76 Å². The summed E-state index contributed by atoms with van der Waals surface area (Å²) in [5.41, 5.74) is 2.63. The Bertz CT molecular complexity index is 1180. The number of anilines is 1. The Kier molecular flexibility index (Phi) is 6.84. The van der Waals surface area contributed by atoms with Gasteiger partial charge in [-0.25, -0.2) is 0 Å². The maximum Gasteiger partial charge on any atom is 1.00 e. The average Bonchev–Trinajstić information content (AvgIpc) is 3.29. The van der Waals surface area contributed by atoms with Crippen LogP contribution in [0.5, 0.6) is 0 Å². The number of pyridine rings is 1. The van der Waals surface area contributed by atoms with Gasteiger partial charge < -0.3 is 19.6 Å². The van der Waals surface area contributed by atoms with E-state index in [4.69, 9.17) is 4.42 Å². The second-order valence-electron chi connectivity index (χ2n) is 6.31. The predicted molar refractivity (Wildman–Crippen MR) is 106 cm³/mol. The molecule has 7 heteroatoms. The maximum absolute atomic E-state index is 12.8. The van der Waals surface area contributed by atoms with Gasteiger partial charge in [0, 0.05) is 29.1 Å². The molecule has 0 aliphatic heterocycles. The molecule has 0 aliphatic carbocycles. The molecule has 0 bridgehead atoms. The van der Waals surface area contributed by atoms with Crippen LogP contribution in [0.4, 0.5) is 5.69 Å². The summed E-state index contributed by atoms with van der Waals surface area (Å²) in [7, 11) is 0. The number of rotatable bonds is 5. The Labute approximate surface area is 194 Å². The molecule has 2 aromatic heterocycles. The first kappa shape index (κ1) is 21.5. The Morgan fingerprint density at radius 2 is 1.67 bits per heavy atom. The van der Waals surface area contributed by atoms with Crippen LogP contribution in [0, 0.1) is 0 Å². The molecule has 2 aromatic carbocycles. The van der Waals surface area contributed by atoms with Crippen LogP contribution in [0.15, 0.2) is 89.8 Å².